The first-order valence-electron chi connectivity index (χ1n) is 9.43. The van der Waals surface area contributed by atoms with Gasteiger partial charge in [-0.15, -0.1) is 0 Å². The molecular formula is C20H25N3O3. The first-order valence-corrected chi connectivity index (χ1v) is 9.43. The van der Waals surface area contributed by atoms with Crippen molar-refractivity contribution in [1.29, 1.82) is 0 Å². The van der Waals surface area contributed by atoms with Crippen molar-refractivity contribution in [3.05, 3.63) is 41.7 Å². The summed E-state index contributed by atoms with van der Waals surface area (Å²) in [7, 11) is 0. The number of nitrogens with zero attached hydrogens (tertiary/aromatic N) is 1. The SMILES string of the molecule is O=C(Nc1ccc(OCC2CCOCC2)cc1)C1CCCc2[nH]ncc21. The maximum Gasteiger partial charge on any atom is 0.232 e. The molecule has 2 aliphatic rings. The zero-order chi connectivity index (χ0) is 17.8. The van der Waals surface area contributed by atoms with Gasteiger partial charge < -0.3 is 14.8 Å². The lowest BCUT2D eigenvalue weighted by Crippen LogP contribution is -2.24. The summed E-state index contributed by atoms with van der Waals surface area (Å²) in [5, 5.41) is 10.1. The van der Waals surface area contributed by atoms with Gasteiger partial charge in [0.1, 0.15) is 5.75 Å². The van der Waals surface area contributed by atoms with E-state index in [1.165, 1.54) is 0 Å². The van der Waals surface area contributed by atoms with Crippen molar-refractivity contribution in [2.24, 2.45) is 5.92 Å². The monoisotopic (exact) mass is 355 g/mol. The van der Waals surface area contributed by atoms with Gasteiger partial charge in [-0.25, -0.2) is 0 Å². The molecule has 4 rings (SSSR count). The first-order chi connectivity index (χ1) is 12.8. The minimum absolute atomic E-state index is 0.0308. The van der Waals surface area contributed by atoms with Crippen molar-refractivity contribution < 1.29 is 14.3 Å². The van der Waals surface area contributed by atoms with Crippen LogP contribution in [-0.4, -0.2) is 35.9 Å². The van der Waals surface area contributed by atoms with Crippen LogP contribution >= 0.6 is 0 Å². The summed E-state index contributed by atoms with van der Waals surface area (Å²) in [5.74, 6) is 1.31. The lowest BCUT2D eigenvalue weighted by Gasteiger charge is -2.22. The fraction of sp³-hybridized carbons (Fsp3) is 0.500. The Kier molecular flexibility index (Phi) is 5.20. The highest BCUT2D eigenvalue weighted by Crippen LogP contribution is 2.31. The molecule has 1 aliphatic heterocycles. The molecule has 6 heteroatoms. The van der Waals surface area contributed by atoms with Gasteiger partial charge in [0.15, 0.2) is 0 Å². The number of benzene rings is 1. The zero-order valence-corrected chi connectivity index (χ0v) is 14.9. The summed E-state index contributed by atoms with van der Waals surface area (Å²) in [6.07, 6.45) is 6.75. The molecule has 1 aromatic carbocycles. The van der Waals surface area contributed by atoms with Crippen molar-refractivity contribution >= 4 is 11.6 Å². The molecule has 1 saturated heterocycles. The molecule has 0 saturated carbocycles. The van der Waals surface area contributed by atoms with Crippen molar-refractivity contribution in [3.63, 3.8) is 0 Å². The quantitative estimate of drug-likeness (QED) is 0.863. The number of aromatic amines is 1. The minimum atomic E-state index is -0.123. The number of anilines is 1. The molecule has 1 amide bonds. The maximum atomic E-state index is 12.6. The smallest absolute Gasteiger partial charge is 0.232 e. The van der Waals surface area contributed by atoms with Crippen LogP contribution in [0.4, 0.5) is 5.69 Å². The molecule has 2 heterocycles. The summed E-state index contributed by atoms with van der Waals surface area (Å²) in [4.78, 5) is 12.6. The molecule has 26 heavy (non-hydrogen) atoms. The molecule has 1 fully saturated rings. The Balaban J connectivity index is 1.32. The van der Waals surface area contributed by atoms with Crippen LogP contribution in [0.2, 0.25) is 0 Å². The van der Waals surface area contributed by atoms with Gasteiger partial charge in [-0.2, -0.15) is 5.10 Å². The van der Waals surface area contributed by atoms with Crippen LogP contribution in [0.25, 0.3) is 0 Å². The number of amides is 1. The molecule has 1 unspecified atom stereocenters. The Bertz CT molecular complexity index is 735. The van der Waals surface area contributed by atoms with E-state index in [4.69, 9.17) is 9.47 Å². The second kappa shape index (κ2) is 7.91. The molecule has 0 radical (unpaired) electrons. The molecule has 2 N–H and O–H groups in total. The van der Waals surface area contributed by atoms with Gasteiger partial charge in [0.2, 0.25) is 5.91 Å². The van der Waals surface area contributed by atoms with Gasteiger partial charge >= 0.3 is 0 Å². The highest BCUT2D eigenvalue weighted by atomic mass is 16.5. The van der Waals surface area contributed by atoms with Crippen molar-refractivity contribution in [3.8, 4) is 5.75 Å². The number of H-pyrrole nitrogens is 1. The molecule has 1 aliphatic carbocycles. The van der Waals surface area contributed by atoms with Crippen LogP contribution in [0.15, 0.2) is 30.5 Å². The van der Waals surface area contributed by atoms with E-state index < -0.39 is 0 Å². The van der Waals surface area contributed by atoms with E-state index in [-0.39, 0.29) is 11.8 Å². The van der Waals surface area contributed by atoms with E-state index in [1.807, 2.05) is 24.3 Å². The number of nitrogens with one attached hydrogen (secondary N) is 2. The number of aromatic nitrogens is 2. The Morgan fingerprint density at radius 3 is 2.85 bits per heavy atom. The summed E-state index contributed by atoms with van der Waals surface area (Å²) in [6, 6.07) is 7.63. The number of carbonyl (C=O) groups excluding carboxylic acids is 1. The number of rotatable bonds is 5. The zero-order valence-electron chi connectivity index (χ0n) is 14.9. The first kappa shape index (κ1) is 17.1. The molecule has 1 aromatic heterocycles. The van der Waals surface area contributed by atoms with Crippen LogP contribution in [0.1, 0.15) is 42.9 Å². The van der Waals surface area contributed by atoms with Crippen LogP contribution < -0.4 is 10.1 Å². The molecule has 0 spiro atoms. The number of aryl methyl sites for hydroxylation is 1. The summed E-state index contributed by atoms with van der Waals surface area (Å²) >= 11 is 0. The third-order valence-corrected chi connectivity index (χ3v) is 5.31. The standard InChI is InChI=1S/C20H25N3O3/c24-20(17-2-1-3-19-18(17)12-21-23-19)22-15-4-6-16(7-5-15)26-13-14-8-10-25-11-9-14/h4-7,12,14,17H,1-3,8-11,13H2,(H,21,23)(H,22,24). The average Bonchev–Trinajstić information content (AvgIpc) is 3.17. The van der Waals surface area contributed by atoms with Gasteiger partial charge in [0.25, 0.3) is 0 Å². The highest BCUT2D eigenvalue weighted by molar-refractivity contribution is 5.96. The molecule has 138 valence electrons. The lowest BCUT2D eigenvalue weighted by molar-refractivity contribution is -0.117. The average molecular weight is 355 g/mol. The Hall–Kier alpha value is -2.34. The second-order valence-electron chi connectivity index (χ2n) is 7.13. The normalized spacial score (nSPS) is 20.4. The number of hydrogen-bond acceptors (Lipinski definition) is 4. The van der Waals surface area contributed by atoms with E-state index >= 15 is 0 Å². The molecule has 0 bridgehead atoms. The largest absolute Gasteiger partial charge is 0.493 e. The van der Waals surface area contributed by atoms with Crippen LogP contribution in [0.3, 0.4) is 0 Å². The van der Waals surface area contributed by atoms with E-state index in [0.29, 0.717) is 5.92 Å². The van der Waals surface area contributed by atoms with Gasteiger partial charge in [0, 0.05) is 30.2 Å². The number of fused-ring (bicyclic) bond motifs is 1. The van der Waals surface area contributed by atoms with Crippen LogP contribution in [0.5, 0.6) is 5.75 Å². The minimum Gasteiger partial charge on any atom is -0.493 e. The third-order valence-electron chi connectivity index (χ3n) is 5.31. The Labute approximate surface area is 153 Å². The predicted molar refractivity (Wildman–Crippen MR) is 98.4 cm³/mol. The fourth-order valence-electron chi connectivity index (χ4n) is 3.72. The van der Waals surface area contributed by atoms with Gasteiger partial charge in [-0.3, -0.25) is 9.89 Å². The predicted octanol–water partition coefficient (Wildman–Crippen LogP) is 3.27. The third kappa shape index (κ3) is 3.90. The molecule has 6 nitrogen and oxygen atoms in total. The van der Waals surface area contributed by atoms with E-state index in [1.54, 1.807) is 6.20 Å². The molecular weight excluding hydrogens is 330 g/mol. The Morgan fingerprint density at radius 2 is 2.04 bits per heavy atom. The van der Waals surface area contributed by atoms with E-state index in [9.17, 15) is 4.79 Å². The van der Waals surface area contributed by atoms with Gasteiger partial charge in [0.05, 0.1) is 18.7 Å². The van der Waals surface area contributed by atoms with Gasteiger partial charge in [-0.05, 0) is 62.3 Å². The molecule has 1 atom stereocenters. The highest BCUT2D eigenvalue weighted by Gasteiger charge is 2.27. The van der Waals surface area contributed by atoms with Crippen LogP contribution in [-0.2, 0) is 16.0 Å². The van der Waals surface area contributed by atoms with E-state index in [2.05, 4.69) is 15.5 Å². The number of carbonyl (C=O) groups is 1. The fourth-order valence-corrected chi connectivity index (χ4v) is 3.72. The van der Waals surface area contributed by atoms with Crippen molar-refractivity contribution in [2.45, 2.75) is 38.0 Å². The second-order valence-corrected chi connectivity index (χ2v) is 7.13. The van der Waals surface area contributed by atoms with Gasteiger partial charge in [-0.1, -0.05) is 0 Å². The van der Waals surface area contributed by atoms with Crippen molar-refractivity contribution in [2.75, 3.05) is 25.1 Å². The summed E-state index contributed by atoms with van der Waals surface area (Å²) in [6.45, 7) is 2.39. The topological polar surface area (TPSA) is 76.2 Å². The number of hydrogen-bond donors (Lipinski definition) is 2. The lowest BCUT2D eigenvalue weighted by atomic mass is 9.86. The number of ether oxygens (including phenoxy) is 2. The van der Waals surface area contributed by atoms with Crippen LogP contribution in [0, 0.1) is 5.92 Å². The van der Waals surface area contributed by atoms with E-state index in [0.717, 1.165) is 74.6 Å². The summed E-state index contributed by atoms with van der Waals surface area (Å²) in [5.41, 5.74) is 2.92. The summed E-state index contributed by atoms with van der Waals surface area (Å²) < 4.78 is 11.2. The van der Waals surface area contributed by atoms with Crippen molar-refractivity contribution in [1.82, 2.24) is 10.2 Å². The Morgan fingerprint density at radius 1 is 1.23 bits per heavy atom. The maximum absolute atomic E-state index is 12.6. The molecule has 2 aromatic rings.